The van der Waals surface area contributed by atoms with Crippen molar-refractivity contribution in [3.63, 3.8) is 0 Å². The molecule has 0 bridgehead atoms. The maximum absolute atomic E-state index is 14.3. The number of hydrogen-bond acceptors (Lipinski definition) is 11. The average molecular weight is 861 g/mol. The highest BCUT2D eigenvalue weighted by Gasteiger charge is 2.43. The summed E-state index contributed by atoms with van der Waals surface area (Å²) >= 11 is 1.50. The lowest BCUT2D eigenvalue weighted by molar-refractivity contribution is -0.116. The number of amides is 1. The Bertz CT molecular complexity index is 2540. The molecule has 2 N–H and O–H groups in total. The maximum atomic E-state index is 14.3. The third-order valence-electron chi connectivity index (χ3n) is 11.3. The molecule has 0 spiro atoms. The number of aliphatic hydroxyl groups is 1. The first-order valence-electron chi connectivity index (χ1n) is 20.9. The molecule has 63 heavy (non-hydrogen) atoms. The Hall–Kier alpha value is -6.56. The van der Waals surface area contributed by atoms with E-state index in [-0.39, 0.29) is 24.8 Å². The number of fused-ring (bicyclic) bond motifs is 1. The van der Waals surface area contributed by atoms with Crippen LogP contribution < -0.4 is 14.8 Å². The zero-order valence-corrected chi connectivity index (χ0v) is 35.9. The minimum absolute atomic E-state index is 0.0184. The van der Waals surface area contributed by atoms with Crippen molar-refractivity contribution in [3.05, 3.63) is 174 Å². The van der Waals surface area contributed by atoms with Crippen LogP contribution in [0.4, 0.5) is 5.82 Å². The second-order valence-corrected chi connectivity index (χ2v) is 16.2. The van der Waals surface area contributed by atoms with Gasteiger partial charge in [-0.15, -0.1) is 0 Å². The Balaban J connectivity index is 1.12. The molecule has 2 aromatic heterocycles. The Kier molecular flexibility index (Phi) is 13.7. The number of rotatable bonds is 18. The topological polar surface area (TPSA) is 154 Å². The molecular formula is C50H48N6O6S. The molecule has 1 fully saturated rings. The zero-order chi connectivity index (χ0) is 43.6. The fourth-order valence-corrected chi connectivity index (χ4v) is 9.12. The van der Waals surface area contributed by atoms with Crippen molar-refractivity contribution in [1.29, 1.82) is 5.26 Å². The molecule has 3 heterocycles. The van der Waals surface area contributed by atoms with Crippen molar-refractivity contribution >= 4 is 34.7 Å². The lowest BCUT2D eigenvalue weighted by Crippen LogP contribution is -2.38. The number of imidazole rings is 1. The van der Waals surface area contributed by atoms with E-state index < -0.39 is 30.0 Å². The molecule has 0 aliphatic carbocycles. The third-order valence-corrected chi connectivity index (χ3v) is 12.3. The summed E-state index contributed by atoms with van der Waals surface area (Å²) in [4.78, 5) is 28.5. The van der Waals surface area contributed by atoms with Crippen LogP contribution in [-0.4, -0.2) is 69.3 Å². The van der Waals surface area contributed by atoms with Gasteiger partial charge in [0.1, 0.15) is 35.8 Å². The average Bonchev–Trinajstić information content (AvgIpc) is 3.90. The highest BCUT2D eigenvalue weighted by Crippen LogP contribution is 2.44. The van der Waals surface area contributed by atoms with Gasteiger partial charge in [0, 0.05) is 18.6 Å². The van der Waals surface area contributed by atoms with E-state index in [2.05, 4.69) is 21.4 Å². The van der Waals surface area contributed by atoms with Crippen LogP contribution in [0.25, 0.3) is 11.2 Å². The largest absolute Gasteiger partial charge is 0.497 e. The van der Waals surface area contributed by atoms with Crippen LogP contribution in [0, 0.1) is 11.3 Å². The summed E-state index contributed by atoms with van der Waals surface area (Å²) < 4.78 is 26.8. The number of carbonyl (C=O) groups excluding carboxylic acids is 1. The normalized spacial score (nSPS) is 16.2. The van der Waals surface area contributed by atoms with Crippen LogP contribution in [-0.2, 0) is 19.9 Å². The zero-order valence-electron chi connectivity index (χ0n) is 35.0. The summed E-state index contributed by atoms with van der Waals surface area (Å²) in [5.41, 5.74) is 3.98. The molecule has 3 atom stereocenters. The van der Waals surface area contributed by atoms with Gasteiger partial charge in [0.05, 0.1) is 38.9 Å². The van der Waals surface area contributed by atoms with E-state index in [0.29, 0.717) is 40.0 Å². The summed E-state index contributed by atoms with van der Waals surface area (Å²) in [5, 5.41) is 24.6. The van der Waals surface area contributed by atoms with Gasteiger partial charge in [0.2, 0.25) is 5.91 Å². The van der Waals surface area contributed by atoms with Gasteiger partial charge in [-0.25, -0.2) is 15.0 Å². The van der Waals surface area contributed by atoms with Crippen molar-refractivity contribution in [2.45, 2.75) is 60.8 Å². The monoisotopic (exact) mass is 860 g/mol. The number of ether oxygens (including phenoxy) is 4. The molecular weight excluding hydrogens is 813 g/mol. The molecule has 0 radical (unpaired) electrons. The first-order chi connectivity index (χ1) is 30.9. The molecule has 7 aromatic rings. The predicted molar refractivity (Wildman–Crippen MR) is 242 cm³/mol. The van der Waals surface area contributed by atoms with Crippen molar-refractivity contribution in [1.82, 2.24) is 19.5 Å². The number of hydrogen-bond donors (Lipinski definition) is 2. The van der Waals surface area contributed by atoms with Crippen molar-refractivity contribution in [2.24, 2.45) is 0 Å². The van der Waals surface area contributed by atoms with E-state index in [1.807, 2.05) is 144 Å². The van der Waals surface area contributed by atoms with Gasteiger partial charge in [-0.05, 0) is 64.9 Å². The molecule has 320 valence electrons. The molecule has 13 heteroatoms. The summed E-state index contributed by atoms with van der Waals surface area (Å²) in [6, 6.07) is 47.0. The number of anilines is 1. The standard InChI is InChI=1S/C50H48N6O6S/c1-59-39-25-21-37(22-26-39)50(36-19-11-5-12-20-36,38-23-27-40(60-2)28-24-38)61-32-42-41(57)31-43(62-42)56-47-45(54-49(56)63-30-14-6-13-29-51)46(52-33-53-47)55-48(58)44(34-15-7-3-8-16-34)35-17-9-4-10-18-35/h3-5,7-12,15-28,33,41-44,57H,6,13-14,30-32H2,1-2H3,(H,52,53,55,58)/t41-,42+,43?/m0/s1. The van der Waals surface area contributed by atoms with E-state index in [1.165, 1.54) is 18.1 Å². The van der Waals surface area contributed by atoms with Crippen LogP contribution in [0.1, 0.15) is 65.6 Å². The van der Waals surface area contributed by atoms with Crippen molar-refractivity contribution < 1.29 is 28.8 Å². The molecule has 12 nitrogen and oxygen atoms in total. The number of aliphatic hydroxyl groups excluding tert-OH is 1. The van der Waals surface area contributed by atoms with Gasteiger partial charge in [-0.3, -0.25) is 9.36 Å². The Morgan fingerprint density at radius 2 is 1.41 bits per heavy atom. The van der Waals surface area contributed by atoms with Gasteiger partial charge < -0.3 is 29.4 Å². The van der Waals surface area contributed by atoms with E-state index in [0.717, 1.165) is 40.7 Å². The number of benzene rings is 5. The number of nitrogens with zero attached hydrogens (tertiary/aromatic N) is 5. The molecule has 1 aliphatic heterocycles. The van der Waals surface area contributed by atoms with E-state index in [4.69, 9.17) is 29.2 Å². The maximum Gasteiger partial charge on any atom is 0.237 e. The second-order valence-electron chi connectivity index (χ2n) is 15.1. The quantitative estimate of drug-likeness (QED) is 0.0483. The smallest absolute Gasteiger partial charge is 0.237 e. The van der Waals surface area contributed by atoms with Crippen LogP contribution in [0.2, 0.25) is 0 Å². The first kappa shape index (κ1) is 43.1. The Morgan fingerprint density at radius 1 is 0.841 bits per heavy atom. The van der Waals surface area contributed by atoms with Crippen molar-refractivity contribution in [2.75, 3.05) is 31.9 Å². The minimum atomic E-state index is -1.12. The number of thioether (sulfide) groups is 1. The van der Waals surface area contributed by atoms with Crippen molar-refractivity contribution in [3.8, 4) is 17.6 Å². The Morgan fingerprint density at radius 3 is 1.98 bits per heavy atom. The summed E-state index contributed by atoms with van der Waals surface area (Å²) in [7, 11) is 3.26. The SMILES string of the molecule is COc1ccc(C(OC[C@H]2OC(n3c(SCCCCC#N)nc4c(NC(=O)C(c5ccccc5)c5ccccc5)ncnc43)C[C@@H]2O)(c2ccccc2)c2ccc(OC)cc2)cc1. The molecule has 8 rings (SSSR count). The summed E-state index contributed by atoms with van der Waals surface area (Å²) in [6.07, 6.45) is 1.26. The van der Waals surface area contributed by atoms with Gasteiger partial charge in [-0.2, -0.15) is 5.26 Å². The minimum Gasteiger partial charge on any atom is -0.497 e. The van der Waals surface area contributed by atoms with Gasteiger partial charge in [-0.1, -0.05) is 127 Å². The second kappa shape index (κ2) is 20.1. The van der Waals surface area contributed by atoms with Gasteiger partial charge >= 0.3 is 0 Å². The van der Waals surface area contributed by atoms with E-state index in [1.54, 1.807) is 14.2 Å². The van der Waals surface area contributed by atoms with Gasteiger partial charge in [0.15, 0.2) is 22.1 Å². The fourth-order valence-electron chi connectivity index (χ4n) is 8.09. The van der Waals surface area contributed by atoms with Crippen LogP contribution in [0.15, 0.2) is 151 Å². The van der Waals surface area contributed by atoms with E-state index >= 15 is 0 Å². The number of carbonyl (C=O) groups is 1. The third kappa shape index (κ3) is 9.31. The summed E-state index contributed by atoms with van der Waals surface area (Å²) in [6.45, 7) is 0.0184. The van der Waals surface area contributed by atoms with Crippen LogP contribution >= 0.6 is 11.8 Å². The summed E-state index contributed by atoms with van der Waals surface area (Å²) in [5.74, 6) is 1.47. The molecule has 1 aliphatic rings. The predicted octanol–water partition coefficient (Wildman–Crippen LogP) is 9.06. The molecule has 1 unspecified atom stereocenters. The Labute approximate surface area is 370 Å². The van der Waals surface area contributed by atoms with E-state index in [9.17, 15) is 9.90 Å². The fraction of sp³-hybridized carbons (Fsp3) is 0.260. The number of aromatic nitrogens is 4. The van der Waals surface area contributed by atoms with Gasteiger partial charge in [0.25, 0.3) is 0 Å². The lowest BCUT2D eigenvalue weighted by Gasteiger charge is -2.37. The highest BCUT2D eigenvalue weighted by molar-refractivity contribution is 7.99. The molecule has 1 saturated heterocycles. The highest BCUT2D eigenvalue weighted by atomic mass is 32.2. The van der Waals surface area contributed by atoms with Crippen LogP contribution in [0.5, 0.6) is 11.5 Å². The van der Waals surface area contributed by atoms with Crippen LogP contribution in [0.3, 0.4) is 0 Å². The number of nitriles is 1. The number of unbranched alkanes of at least 4 members (excludes halogenated alkanes) is 2. The number of methoxy groups -OCH3 is 2. The lowest BCUT2D eigenvalue weighted by atomic mass is 9.80. The molecule has 1 amide bonds. The molecule has 5 aromatic carbocycles. The number of nitrogens with one attached hydrogen (secondary N) is 1. The first-order valence-corrected chi connectivity index (χ1v) is 21.9. The molecule has 0 saturated carbocycles.